The van der Waals surface area contributed by atoms with Gasteiger partial charge in [-0.15, -0.1) is 0 Å². The van der Waals surface area contributed by atoms with Crippen LogP contribution in [0.5, 0.6) is 0 Å². The van der Waals surface area contributed by atoms with Crippen LogP contribution in [0.3, 0.4) is 0 Å². The number of amidine groups is 1. The number of aliphatic imine (C=N–C) groups is 1. The quantitative estimate of drug-likeness (QED) is 0.463. The van der Waals surface area contributed by atoms with Gasteiger partial charge in [-0.3, -0.25) is 15.0 Å². The number of carbonyl (C=O) groups is 2. The van der Waals surface area contributed by atoms with Crippen molar-refractivity contribution in [3.63, 3.8) is 0 Å². The monoisotopic (exact) mass is 413 g/mol. The predicted molar refractivity (Wildman–Crippen MR) is 122 cm³/mol. The SMILES string of the molecule is O=C(CSC1=N/C(=C\c2ccccc2)C(=O)N1Nc1ccccc1)c1ccccc1. The summed E-state index contributed by atoms with van der Waals surface area (Å²) < 4.78 is 0. The van der Waals surface area contributed by atoms with Crippen molar-refractivity contribution in [2.45, 2.75) is 0 Å². The van der Waals surface area contributed by atoms with Crippen LogP contribution in [0, 0.1) is 0 Å². The number of carbonyl (C=O) groups excluding carboxylic acids is 2. The van der Waals surface area contributed by atoms with E-state index >= 15 is 0 Å². The Kier molecular flexibility index (Phi) is 6.06. The summed E-state index contributed by atoms with van der Waals surface area (Å²) in [5, 5.41) is 1.84. The van der Waals surface area contributed by atoms with E-state index in [0.717, 1.165) is 11.3 Å². The van der Waals surface area contributed by atoms with E-state index in [1.807, 2.05) is 78.9 Å². The Morgan fingerprint density at radius 1 is 0.900 bits per heavy atom. The highest BCUT2D eigenvalue weighted by atomic mass is 32.2. The number of amides is 1. The molecule has 0 spiro atoms. The fraction of sp³-hybridized carbons (Fsp3) is 0.0417. The molecule has 3 aromatic rings. The summed E-state index contributed by atoms with van der Waals surface area (Å²) in [7, 11) is 0. The maximum atomic E-state index is 13.0. The van der Waals surface area contributed by atoms with Gasteiger partial charge in [0.25, 0.3) is 5.91 Å². The number of anilines is 1. The summed E-state index contributed by atoms with van der Waals surface area (Å²) in [5.74, 6) is -0.102. The normalized spacial score (nSPS) is 14.7. The number of rotatable bonds is 6. The highest BCUT2D eigenvalue weighted by Gasteiger charge is 2.31. The van der Waals surface area contributed by atoms with Crippen molar-refractivity contribution in [2.24, 2.45) is 4.99 Å². The molecule has 1 N–H and O–H groups in total. The maximum Gasteiger partial charge on any atom is 0.297 e. The molecule has 148 valence electrons. The van der Waals surface area contributed by atoms with Crippen molar-refractivity contribution in [1.82, 2.24) is 5.01 Å². The van der Waals surface area contributed by atoms with Gasteiger partial charge in [-0.25, -0.2) is 4.99 Å². The number of para-hydroxylation sites is 1. The summed E-state index contributed by atoms with van der Waals surface area (Å²) in [6.07, 6.45) is 1.74. The molecule has 1 amide bonds. The molecular weight excluding hydrogens is 394 g/mol. The molecule has 0 bridgehead atoms. The minimum absolute atomic E-state index is 0.0177. The van der Waals surface area contributed by atoms with E-state index in [1.165, 1.54) is 16.8 Å². The summed E-state index contributed by atoms with van der Waals surface area (Å²) >= 11 is 1.23. The molecule has 1 aliphatic rings. The third-order valence-corrected chi connectivity index (χ3v) is 5.31. The number of nitrogens with zero attached hydrogens (tertiary/aromatic N) is 2. The van der Waals surface area contributed by atoms with Crippen molar-refractivity contribution >= 4 is 40.4 Å². The van der Waals surface area contributed by atoms with Gasteiger partial charge in [0.15, 0.2) is 11.0 Å². The van der Waals surface area contributed by atoms with Gasteiger partial charge in [0.2, 0.25) is 0 Å². The first-order chi connectivity index (χ1) is 14.7. The van der Waals surface area contributed by atoms with Gasteiger partial charge in [0.05, 0.1) is 11.4 Å². The Balaban J connectivity index is 1.57. The molecule has 3 aromatic carbocycles. The van der Waals surface area contributed by atoms with Crippen LogP contribution in [0.25, 0.3) is 6.08 Å². The van der Waals surface area contributed by atoms with E-state index in [1.54, 1.807) is 18.2 Å². The average molecular weight is 414 g/mol. The summed E-state index contributed by atoms with van der Waals surface area (Å²) in [6, 6.07) is 28.0. The molecule has 0 aliphatic carbocycles. The van der Waals surface area contributed by atoms with Crippen LogP contribution in [0.1, 0.15) is 15.9 Å². The van der Waals surface area contributed by atoms with Gasteiger partial charge in [-0.2, -0.15) is 5.01 Å². The lowest BCUT2D eigenvalue weighted by Gasteiger charge is -2.19. The average Bonchev–Trinajstić information content (AvgIpc) is 3.08. The number of thioether (sulfide) groups is 1. The number of Topliss-reactive ketones (excluding diaryl/α,β-unsaturated/α-hetero) is 1. The fourth-order valence-electron chi connectivity index (χ4n) is 2.88. The molecule has 1 aliphatic heterocycles. The molecular formula is C24H19N3O2S. The number of hydrogen-bond donors (Lipinski definition) is 1. The van der Waals surface area contributed by atoms with E-state index in [9.17, 15) is 9.59 Å². The van der Waals surface area contributed by atoms with E-state index in [0.29, 0.717) is 16.4 Å². The zero-order valence-electron chi connectivity index (χ0n) is 16.1. The van der Waals surface area contributed by atoms with Crippen molar-refractivity contribution in [3.8, 4) is 0 Å². The van der Waals surface area contributed by atoms with Crippen LogP contribution in [0.15, 0.2) is 102 Å². The van der Waals surface area contributed by atoms with Crippen molar-refractivity contribution in [1.29, 1.82) is 0 Å². The Hall–Kier alpha value is -3.64. The van der Waals surface area contributed by atoms with Crippen LogP contribution in [-0.2, 0) is 4.79 Å². The molecule has 1 heterocycles. The molecule has 5 nitrogen and oxygen atoms in total. The maximum absolute atomic E-state index is 13.0. The third-order valence-electron chi connectivity index (χ3n) is 4.38. The number of hydrogen-bond acceptors (Lipinski definition) is 5. The van der Waals surface area contributed by atoms with Crippen LogP contribution in [0.2, 0.25) is 0 Å². The Morgan fingerprint density at radius 2 is 1.50 bits per heavy atom. The lowest BCUT2D eigenvalue weighted by molar-refractivity contribution is -0.121. The number of nitrogens with one attached hydrogen (secondary N) is 1. The Morgan fingerprint density at radius 3 is 2.17 bits per heavy atom. The van der Waals surface area contributed by atoms with Crippen molar-refractivity contribution in [3.05, 3.63) is 108 Å². The first-order valence-electron chi connectivity index (χ1n) is 9.43. The zero-order chi connectivity index (χ0) is 20.8. The van der Waals surface area contributed by atoms with Crippen LogP contribution in [0.4, 0.5) is 5.69 Å². The van der Waals surface area contributed by atoms with Gasteiger partial charge in [0, 0.05) is 5.56 Å². The van der Waals surface area contributed by atoms with E-state index in [4.69, 9.17) is 0 Å². The molecule has 0 fully saturated rings. The molecule has 0 saturated heterocycles. The van der Waals surface area contributed by atoms with Crippen molar-refractivity contribution in [2.75, 3.05) is 11.2 Å². The van der Waals surface area contributed by atoms with Gasteiger partial charge < -0.3 is 0 Å². The largest absolute Gasteiger partial charge is 0.297 e. The molecule has 0 atom stereocenters. The second-order valence-corrected chi connectivity index (χ2v) is 7.47. The second kappa shape index (κ2) is 9.24. The molecule has 0 unspecified atom stereocenters. The van der Waals surface area contributed by atoms with Gasteiger partial charge in [-0.05, 0) is 23.8 Å². The number of hydrazine groups is 1. The number of ketones is 1. The van der Waals surface area contributed by atoms with Crippen LogP contribution >= 0.6 is 11.8 Å². The van der Waals surface area contributed by atoms with Crippen LogP contribution in [-0.4, -0.2) is 27.6 Å². The highest BCUT2D eigenvalue weighted by molar-refractivity contribution is 8.14. The van der Waals surface area contributed by atoms with E-state index in [2.05, 4.69) is 10.4 Å². The molecule has 30 heavy (non-hydrogen) atoms. The van der Waals surface area contributed by atoms with Gasteiger partial charge >= 0.3 is 0 Å². The summed E-state index contributed by atoms with van der Waals surface area (Å²) in [5.41, 5.74) is 5.70. The highest BCUT2D eigenvalue weighted by Crippen LogP contribution is 2.25. The van der Waals surface area contributed by atoms with Crippen LogP contribution < -0.4 is 5.43 Å². The topological polar surface area (TPSA) is 61.8 Å². The smallest absolute Gasteiger partial charge is 0.293 e. The summed E-state index contributed by atoms with van der Waals surface area (Å²) in [6.45, 7) is 0. The second-order valence-electron chi connectivity index (χ2n) is 6.53. The Labute approximate surface area is 179 Å². The zero-order valence-corrected chi connectivity index (χ0v) is 16.9. The van der Waals surface area contributed by atoms with Gasteiger partial charge in [0.1, 0.15) is 5.70 Å². The molecule has 0 radical (unpaired) electrons. The summed E-state index contributed by atoms with van der Waals surface area (Å²) in [4.78, 5) is 30.0. The third kappa shape index (κ3) is 4.67. The van der Waals surface area contributed by atoms with Crippen molar-refractivity contribution < 1.29 is 9.59 Å². The molecule has 4 rings (SSSR count). The lowest BCUT2D eigenvalue weighted by Crippen LogP contribution is -2.36. The number of benzene rings is 3. The first-order valence-corrected chi connectivity index (χ1v) is 10.4. The van der Waals surface area contributed by atoms with Gasteiger partial charge in [-0.1, -0.05) is 90.6 Å². The minimum Gasteiger partial charge on any atom is -0.293 e. The predicted octanol–water partition coefficient (Wildman–Crippen LogP) is 4.87. The molecule has 0 aromatic heterocycles. The lowest BCUT2D eigenvalue weighted by atomic mass is 10.2. The Bertz CT molecular complexity index is 1100. The molecule has 0 saturated carbocycles. The van der Waals surface area contributed by atoms with E-state index in [-0.39, 0.29) is 17.4 Å². The van der Waals surface area contributed by atoms with E-state index < -0.39 is 0 Å². The first kappa shape index (κ1) is 19.7. The minimum atomic E-state index is -0.266. The fourth-order valence-corrected chi connectivity index (χ4v) is 3.73. The molecule has 6 heteroatoms. The standard InChI is InChI=1S/C24H19N3O2S/c28-22(19-12-6-2-7-13-19)17-30-24-25-21(16-18-10-4-1-5-11-18)23(29)27(24)26-20-14-8-3-9-15-20/h1-16,26H,17H2/b21-16-.